The van der Waals surface area contributed by atoms with Crippen LogP contribution in [0.2, 0.25) is 5.15 Å². The quantitative estimate of drug-likeness (QED) is 0.816. The summed E-state index contributed by atoms with van der Waals surface area (Å²) in [6.45, 7) is 6.66. The number of hydrogen-bond donors (Lipinski definition) is 2. The molecule has 6 nitrogen and oxygen atoms in total. The van der Waals surface area contributed by atoms with Gasteiger partial charge in [0.15, 0.2) is 11.0 Å². The summed E-state index contributed by atoms with van der Waals surface area (Å²) in [6, 6.07) is 7.68. The van der Waals surface area contributed by atoms with Crippen molar-refractivity contribution in [3.63, 3.8) is 0 Å². The molecule has 0 unspecified atom stereocenters. The summed E-state index contributed by atoms with van der Waals surface area (Å²) >= 11 is 6.04. The number of rotatable bonds is 5. The highest BCUT2D eigenvalue weighted by atomic mass is 35.5. The second-order valence-electron chi connectivity index (χ2n) is 6.09. The molecule has 2 rings (SSSR count). The maximum absolute atomic E-state index is 11.5. The normalized spacial score (nSPS) is 11.3. The SMILES string of the molecule is CC(C)(C)OC(=O)NCCCNc1nnc(Cl)c2ccccc12. The summed E-state index contributed by atoms with van der Waals surface area (Å²) in [5.74, 6) is 0.683. The molecule has 2 N–H and O–H groups in total. The number of amides is 1. The summed E-state index contributed by atoms with van der Waals surface area (Å²) in [6.07, 6.45) is 0.326. The number of anilines is 1. The van der Waals surface area contributed by atoms with Crippen LogP contribution in [0.4, 0.5) is 10.6 Å². The fourth-order valence-electron chi connectivity index (χ4n) is 2.00. The van der Waals surface area contributed by atoms with Gasteiger partial charge in [-0.2, -0.15) is 0 Å². The number of benzene rings is 1. The number of nitrogens with one attached hydrogen (secondary N) is 2. The fraction of sp³-hybridized carbons (Fsp3) is 0.438. The second kappa shape index (κ2) is 7.46. The van der Waals surface area contributed by atoms with Gasteiger partial charge in [0.05, 0.1) is 0 Å². The predicted molar refractivity (Wildman–Crippen MR) is 91.9 cm³/mol. The van der Waals surface area contributed by atoms with E-state index in [0.717, 1.165) is 17.2 Å². The molecule has 1 heterocycles. The van der Waals surface area contributed by atoms with Crippen molar-refractivity contribution < 1.29 is 9.53 Å². The van der Waals surface area contributed by atoms with Crippen LogP contribution in [0.15, 0.2) is 24.3 Å². The average Bonchev–Trinajstić information content (AvgIpc) is 2.47. The van der Waals surface area contributed by atoms with Crippen LogP contribution >= 0.6 is 11.6 Å². The van der Waals surface area contributed by atoms with Crippen molar-refractivity contribution in [3.05, 3.63) is 29.4 Å². The Bertz CT molecular complexity index is 685. The van der Waals surface area contributed by atoms with Gasteiger partial charge in [-0.05, 0) is 27.2 Å². The molecular weight excluding hydrogens is 316 g/mol. The van der Waals surface area contributed by atoms with Crippen LogP contribution in [-0.4, -0.2) is 35.0 Å². The molecule has 0 aliphatic carbocycles. The first kappa shape index (κ1) is 17.3. The van der Waals surface area contributed by atoms with E-state index in [9.17, 15) is 4.79 Å². The molecule has 2 aromatic rings. The Labute approximate surface area is 140 Å². The van der Waals surface area contributed by atoms with Crippen molar-refractivity contribution >= 4 is 34.3 Å². The summed E-state index contributed by atoms with van der Waals surface area (Å²) in [7, 11) is 0. The van der Waals surface area contributed by atoms with E-state index in [1.165, 1.54) is 0 Å². The summed E-state index contributed by atoms with van der Waals surface area (Å²) in [5.41, 5.74) is -0.486. The van der Waals surface area contributed by atoms with E-state index in [0.29, 0.717) is 24.1 Å². The van der Waals surface area contributed by atoms with Gasteiger partial charge in [-0.15, -0.1) is 10.2 Å². The van der Waals surface area contributed by atoms with Crippen molar-refractivity contribution in [3.8, 4) is 0 Å². The lowest BCUT2D eigenvalue weighted by atomic mass is 10.2. The van der Waals surface area contributed by atoms with E-state index in [-0.39, 0.29) is 0 Å². The number of aromatic nitrogens is 2. The predicted octanol–water partition coefficient (Wildman–Crippen LogP) is 3.61. The van der Waals surface area contributed by atoms with Crippen LogP contribution in [0.3, 0.4) is 0 Å². The Hall–Kier alpha value is -2.08. The minimum atomic E-state index is -0.486. The number of ether oxygens (including phenoxy) is 1. The average molecular weight is 337 g/mol. The van der Waals surface area contributed by atoms with Crippen molar-refractivity contribution in [2.24, 2.45) is 0 Å². The van der Waals surface area contributed by atoms with Crippen LogP contribution in [0.5, 0.6) is 0 Å². The number of fused-ring (bicyclic) bond motifs is 1. The zero-order valence-corrected chi connectivity index (χ0v) is 14.3. The molecule has 1 amide bonds. The third kappa shape index (κ3) is 5.25. The van der Waals surface area contributed by atoms with E-state index >= 15 is 0 Å². The molecule has 1 aromatic heterocycles. The maximum Gasteiger partial charge on any atom is 0.407 e. The molecule has 1 aromatic carbocycles. The van der Waals surface area contributed by atoms with Gasteiger partial charge in [-0.25, -0.2) is 4.79 Å². The van der Waals surface area contributed by atoms with Gasteiger partial charge in [0, 0.05) is 23.9 Å². The van der Waals surface area contributed by atoms with Crippen molar-refractivity contribution in [1.29, 1.82) is 0 Å². The molecular formula is C16H21ClN4O2. The summed E-state index contributed by atoms with van der Waals surface area (Å²) in [4.78, 5) is 11.5. The van der Waals surface area contributed by atoms with E-state index in [1.54, 1.807) is 0 Å². The van der Waals surface area contributed by atoms with Gasteiger partial charge in [0.25, 0.3) is 0 Å². The topological polar surface area (TPSA) is 76.1 Å². The van der Waals surface area contributed by atoms with Gasteiger partial charge in [0.1, 0.15) is 5.60 Å². The number of hydrogen-bond acceptors (Lipinski definition) is 5. The van der Waals surface area contributed by atoms with Gasteiger partial charge in [-0.1, -0.05) is 35.9 Å². The standard InChI is InChI=1S/C16H21ClN4O2/c1-16(2,3)23-15(22)19-10-6-9-18-14-12-8-5-4-7-11(12)13(17)20-21-14/h4-5,7-8H,6,9-10H2,1-3H3,(H,18,21)(H,19,22). The highest BCUT2D eigenvalue weighted by Gasteiger charge is 2.15. The Morgan fingerprint density at radius 3 is 2.57 bits per heavy atom. The summed E-state index contributed by atoms with van der Waals surface area (Å²) < 4.78 is 5.17. The minimum Gasteiger partial charge on any atom is -0.444 e. The van der Waals surface area contributed by atoms with Crippen LogP contribution in [-0.2, 0) is 4.74 Å². The van der Waals surface area contributed by atoms with Gasteiger partial charge >= 0.3 is 6.09 Å². The highest BCUT2D eigenvalue weighted by Crippen LogP contribution is 2.25. The lowest BCUT2D eigenvalue weighted by Crippen LogP contribution is -2.33. The number of alkyl carbamates (subject to hydrolysis) is 1. The fourth-order valence-corrected chi connectivity index (χ4v) is 2.20. The molecule has 124 valence electrons. The Morgan fingerprint density at radius 1 is 1.17 bits per heavy atom. The Morgan fingerprint density at radius 2 is 1.87 bits per heavy atom. The Balaban J connectivity index is 1.81. The van der Waals surface area contributed by atoms with Crippen LogP contribution in [0.25, 0.3) is 10.8 Å². The van der Waals surface area contributed by atoms with Crippen LogP contribution in [0.1, 0.15) is 27.2 Å². The molecule has 0 radical (unpaired) electrons. The van der Waals surface area contributed by atoms with Gasteiger partial charge in [0.2, 0.25) is 0 Å². The number of carbonyl (C=O) groups excluding carboxylic acids is 1. The highest BCUT2D eigenvalue weighted by molar-refractivity contribution is 6.34. The molecule has 0 bridgehead atoms. The van der Waals surface area contributed by atoms with Crippen molar-refractivity contribution in [2.75, 3.05) is 18.4 Å². The smallest absolute Gasteiger partial charge is 0.407 e. The summed E-state index contributed by atoms with van der Waals surface area (Å²) in [5, 5.41) is 16.1. The zero-order chi connectivity index (χ0) is 16.9. The first-order chi connectivity index (χ1) is 10.9. The molecule has 0 saturated carbocycles. The van der Waals surface area contributed by atoms with E-state index in [2.05, 4.69) is 20.8 Å². The molecule has 0 fully saturated rings. The minimum absolute atomic E-state index is 0.387. The molecule has 0 spiro atoms. The Kier molecular flexibility index (Phi) is 5.60. The third-order valence-electron chi connectivity index (χ3n) is 2.96. The largest absolute Gasteiger partial charge is 0.444 e. The zero-order valence-electron chi connectivity index (χ0n) is 13.5. The molecule has 0 aliphatic rings. The first-order valence-electron chi connectivity index (χ1n) is 7.48. The van der Waals surface area contributed by atoms with E-state index in [1.807, 2.05) is 45.0 Å². The van der Waals surface area contributed by atoms with Crippen LogP contribution < -0.4 is 10.6 Å². The molecule has 23 heavy (non-hydrogen) atoms. The number of nitrogens with zero attached hydrogens (tertiary/aromatic N) is 2. The molecule has 0 aliphatic heterocycles. The lowest BCUT2D eigenvalue weighted by Gasteiger charge is -2.19. The molecule has 0 atom stereocenters. The van der Waals surface area contributed by atoms with Gasteiger partial charge < -0.3 is 15.4 Å². The monoisotopic (exact) mass is 336 g/mol. The van der Waals surface area contributed by atoms with Crippen molar-refractivity contribution in [1.82, 2.24) is 15.5 Å². The number of halogens is 1. The second-order valence-corrected chi connectivity index (χ2v) is 6.45. The lowest BCUT2D eigenvalue weighted by molar-refractivity contribution is 0.0528. The molecule has 0 saturated heterocycles. The maximum atomic E-state index is 11.5. The van der Waals surface area contributed by atoms with E-state index in [4.69, 9.17) is 16.3 Å². The van der Waals surface area contributed by atoms with Gasteiger partial charge in [-0.3, -0.25) is 0 Å². The number of carbonyl (C=O) groups is 1. The van der Waals surface area contributed by atoms with Crippen LogP contribution in [0, 0.1) is 0 Å². The van der Waals surface area contributed by atoms with E-state index < -0.39 is 11.7 Å². The third-order valence-corrected chi connectivity index (χ3v) is 3.24. The first-order valence-corrected chi connectivity index (χ1v) is 7.86. The molecule has 7 heteroatoms. The van der Waals surface area contributed by atoms with Crippen molar-refractivity contribution in [2.45, 2.75) is 32.8 Å².